The van der Waals surface area contributed by atoms with E-state index in [9.17, 15) is 0 Å². The fourth-order valence-electron chi connectivity index (χ4n) is 3.89. The molecule has 4 aromatic carbocycles. The molecule has 5 heteroatoms. The van der Waals surface area contributed by atoms with Gasteiger partial charge in [-0.1, -0.05) is 88.7 Å². The van der Waals surface area contributed by atoms with Crippen molar-refractivity contribution < 1.29 is 0 Å². The van der Waals surface area contributed by atoms with E-state index < -0.39 is 0 Å². The topological polar surface area (TPSA) is 42.5 Å². The molecule has 0 saturated heterocycles. The van der Waals surface area contributed by atoms with Crippen LogP contribution in [0.4, 0.5) is 11.4 Å². The molecule has 0 N–H and O–H groups in total. The van der Waals surface area contributed by atoms with Gasteiger partial charge in [0, 0.05) is 15.6 Å². The normalized spacial score (nSPS) is 11.3. The molecule has 0 radical (unpaired) electrons. The molecular weight excluding hydrogens is 484 g/mol. The first-order chi connectivity index (χ1) is 16.6. The van der Waals surface area contributed by atoms with E-state index >= 15 is 0 Å². The summed E-state index contributed by atoms with van der Waals surface area (Å²) in [6.45, 7) is 4.21. The minimum atomic E-state index is 0.737. The van der Waals surface area contributed by atoms with Gasteiger partial charge in [0.25, 0.3) is 0 Å². The smallest absolute Gasteiger partial charge is 0.140 e. The van der Waals surface area contributed by atoms with Crippen molar-refractivity contribution in [2.45, 2.75) is 13.8 Å². The Morgan fingerprint density at radius 2 is 1.35 bits per heavy atom. The summed E-state index contributed by atoms with van der Waals surface area (Å²) in [5.41, 5.74) is 8.59. The quantitative estimate of drug-likeness (QED) is 0.219. The molecule has 0 aliphatic rings. The molecule has 0 aliphatic heterocycles. The Labute approximate surface area is 207 Å². The van der Waals surface area contributed by atoms with Crippen molar-refractivity contribution in [3.05, 3.63) is 119 Å². The van der Waals surface area contributed by atoms with Gasteiger partial charge in [0.2, 0.25) is 0 Å². The summed E-state index contributed by atoms with van der Waals surface area (Å²) in [6, 6.07) is 34.6. The Hall–Kier alpha value is -3.83. The Bertz CT molecular complexity index is 1450. The highest BCUT2D eigenvalue weighted by Gasteiger charge is 2.22. The number of nitrogens with zero attached hydrogens (tertiary/aromatic N) is 4. The number of aryl methyl sites for hydroxylation is 2. The van der Waals surface area contributed by atoms with Crippen LogP contribution in [-0.2, 0) is 0 Å². The van der Waals surface area contributed by atoms with Crippen LogP contribution in [0.1, 0.15) is 11.1 Å². The number of hydrogen-bond donors (Lipinski definition) is 0. The maximum absolute atomic E-state index is 5.11. The average Bonchev–Trinajstić information content (AvgIpc) is 3.25. The summed E-state index contributed by atoms with van der Waals surface area (Å²) >= 11 is 3.48. The number of aromatic nitrogens is 2. The average molecular weight is 507 g/mol. The number of halogens is 1. The Kier molecular flexibility index (Phi) is 6.19. The van der Waals surface area contributed by atoms with Crippen molar-refractivity contribution in [2.75, 3.05) is 0 Å². The van der Waals surface area contributed by atoms with Crippen LogP contribution in [0.3, 0.4) is 0 Å². The Balaban J connectivity index is 1.80. The lowest BCUT2D eigenvalue weighted by Crippen LogP contribution is -2.02. The second kappa shape index (κ2) is 9.57. The van der Waals surface area contributed by atoms with Crippen molar-refractivity contribution in [3.63, 3.8) is 0 Å². The van der Waals surface area contributed by atoms with Crippen LogP contribution in [0.2, 0.25) is 0 Å². The molecule has 0 amide bonds. The van der Waals surface area contributed by atoms with Gasteiger partial charge in [-0.2, -0.15) is 10.2 Å². The fraction of sp³-hybridized carbons (Fsp3) is 0.0690. The van der Waals surface area contributed by atoms with Gasteiger partial charge < -0.3 is 0 Å². The maximum Gasteiger partial charge on any atom is 0.140 e. The lowest BCUT2D eigenvalue weighted by Gasteiger charge is -2.12. The van der Waals surface area contributed by atoms with Gasteiger partial charge in [-0.15, -0.1) is 5.11 Å². The van der Waals surface area contributed by atoms with Crippen LogP contribution in [0.25, 0.3) is 28.2 Å². The van der Waals surface area contributed by atoms with E-state index in [1.165, 1.54) is 5.56 Å². The van der Waals surface area contributed by atoms with E-state index in [1.54, 1.807) is 0 Å². The minimum Gasteiger partial charge on any atom is -0.230 e. The second-order valence-electron chi connectivity index (χ2n) is 8.16. The van der Waals surface area contributed by atoms with E-state index in [0.29, 0.717) is 0 Å². The van der Waals surface area contributed by atoms with Crippen LogP contribution >= 0.6 is 15.9 Å². The van der Waals surface area contributed by atoms with E-state index in [4.69, 9.17) is 10.2 Å². The summed E-state index contributed by atoms with van der Waals surface area (Å²) in [5.74, 6) is 0. The number of hydrogen-bond acceptors (Lipinski definition) is 3. The molecule has 1 aromatic heterocycles. The zero-order valence-electron chi connectivity index (χ0n) is 19.0. The lowest BCUT2D eigenvalue weighted by molar-refractivity contribution is 0.882. The summed E-state index contributed by atoms with van der Waals surface area (Å²) in [4.78, 5) is 0. The lowest BCUT2D eigenvalue weighted by atomic mass is 10.1. The molecule has 166 valence electrons. The Morgan fingerprint density at radius 1 is 0.706 bits per heavy atom. The van der Waals surface area contributed by atoms with Gasteiger partial charge >= 0.3 is 0 Å². The molecule has 1 heterocycles. The molecular formula is C29H23BrN4. The maximum atomic E-state index is 5.11. The van der Waals surface area contributed by atoms with Gasteiger partial charge in [0.15, 0.2) is 0 Å². The molecule has 0 spiro atoms. The van der Waals surface area contributed by atoms with Crippen molar-refractivity contribution in [1.29, 1.82) is 0 Å². The van der Waals surface area contributed by atoms with E-state index in [0.717, 1.165) is 49.6 Å². The highest BCUT2D eigenvalue weighted by Crippen LogP contribution is 2.41. The standard InChI is InChI=1S/C29H23BrN4/c1-20-13-14-21(2)26(19-20)34-29(23-11-7-4-8-12-23)28(27(33-34)22-9-5-3-6-10-22)32-31-25-17-15-24(30)16-18-25/h3-19H,1-2H3. The number of rotatable bonds is 5. The van der Waals surface area contributed by atoms with Crippen LogP contribution in [-0.4, -0.2) is 9.78 Å². The van der Waals surface area contributed by atoms with Crippen molar-refractivity contribution in [2.24, 2.45) is 10.2 Å². The highest BCUT2D eigenvalue weighted by atomic mass is 79.9. The third-order valence-electron chi connectivity index (χ3n) is 5.64. The van der Waals surface area contributed by atoms with Gasteiger partial charge in [0.05, 0.1) is 11.4 Å². The molecule has 0 atom stereocenters. The molecule has 0 fully saturated rings. The second-order valence-corrected chi connectivity index (χ2v) is 9.07. The first-order valence-electron chi connectivity index (χ1n) is 11.1. The Morgan fingerprint density at radius 3 is 2.03 bits per heavy atom. The molecule has 0 unspecified atom stereocenters. The third-order valence-corrected chi connectivity index (χ3v) is 6.17. The first kappa shape index (κ1) is 22.0. The van der Waals surface area contributed by atoms with Gasteiger partial charge in [0.1, 0.15) is 17.1 Å². The van der Waals surface area contributed by atoms with Gasteiger partial charge in [-0.3, -0.25) is 0 Å². The van der Waals surface area contributed by atoms with E-state index in [2.05, 4.69) is 77.4 Å². The van der Waals surface area contributed by atoms with Crippen molar-refractivity contribution in [1.82, 2.24) is 9.78 Å². The number of benzene rings is 4. The molecule has 4 nitrogen and oxygen atoms in total. The molecule has 34 heavy (non-hydrogen) atoms. The largest absolute Gasteiger partial charge is 0.230 e. The molecule has 0 saturated carbocycles. The zero-order chi connectivity index (χ0) is 23.5. The summed E-state index contributed by atoms with van der Waals surface area (Å²) < 4.78 is 3.01. The number of azo groups is 1. The van der Waals surface area contributed by atoms with Crippen LogP contribution < -0.4 is 0 Å². The van der Waals surface area contributed by atoms with Crippen molar-refractivity contribution in [3.8, 4) is 28.2 Å². The predicted molar refractivity (Wildman–Crippen MR) is 142 cm³/mol. The highest BCUT2D eigenvalue weighted by molar-refractivity contribution is 9.10. The third kappa shape index (κ3) is 4.47. The van der Waals surface area contributed by atoms with Gasteiger partial charge in [-0.05, 0) is 55.3 Å². The minimum absolute atomic E-state index is 0.737. The molecule has 5 aromatic rings. The monoisotopic (exact) mass is 506 g/mol. The summed E-state index contributed by atoms with van der Waals surface area (Å²) in [5, 5.41) is 14.5. The zero-order valence-corrected chi connectivity index (χ0v) is 20.6. The fourth-order valence-corrected chi connectivity index (χ4v) is 4.15. The van der Waals surface area contributed by atoms with E-state index in [-0.39, 0.29) is 0 Å². The predicted octanol–water partition coefficient (Wildman–Crippen LogP) is 9.00. The summed E-state index contributed by atoms with van der Waals surface area (Å²) in [7, 11) is 0. The molecule has 5 rings (SSSR count). The van der Waals surface area contributed by atoms with Crippen LogP contribution in [0.15, 0.2) is 118 Å². The SMILES string of the molecule is Cc1ccc(C)c(-n2nc(-c3ccccc3)c(N=Nc3ccc(Br)cc3)c2-c2ccccc2)c1. The first-order valence-corrected chi connectivity index (χ1v) is 11.9. The summed E-state index contributed by atoms with van der Waals surface area (Å²) in [6.07, 6.45) is 0. The van der Waals surface area contributed by atoms with Crippen molar-refractivity contribution >= 4 is 27.3 Å². The van der Waals surface area contributed by atoms with E-state index in [1.807, 2.05) is 65.3 Å². The molecule has 0 bridgehead atoms. The van der Waals surface area contributed by atoms with Crippen LogP contribution in [0, 0.1) is 13.8 Å². The van der Waals surface area contributed by atoms with Crippen LogP contribution in [0.5, 0.6) is 0 Å². The molecule has 0 aliphatic carbocycles. The van der Waals surface area contributed by atoms with Gasteiger partial charge in [-0.25, -0.2) is 4.68 Å².